The molecule has 0 amide bonds. The van der Waals surface area contributed by atoms with Crippen molar-refractivity contribution in [2.24, 2.45) is 5.92 Å². The summed E-state index contributed by atoms with van der Waals surface area (Å²) in [6.45, 7) is 4.74. The van der Waals surface area contributed by atoms with Crippen molar-refractivity contribution in [2.45, 2.75) is 38.1 Å². The summed E-state index contributed by atoms with van der Waals surface area (Å²) in [6.07, 6.45) is 2.87. The molecule has 0 aromatic heterocycles. The average Bonchev–Trinajstić information content (AvgIpc) is 2.42. The molecule has 0 bridgehead atoms. The molecular weight excluding hydrogens is 276 g/mol. The van der Waals surface area contributed by atoms with Gasteiger partial charge in [0, 0.05) is 26.2 Å². The van der Waals surface area contributed by atoms with Gasteiger partial charge in [-0.2, -0.15) is 22.7 Å². The van der Waals surface area contributed by atoms with Crippen LogP contribution in [0.25, 0.3) is 0 Å². The number of likely N-dealkylation sites (tertiary alicyclic amines) is 1. The highest BCUT2D eigenvalue weighted by molar-refractivity contribution is 7.87. The lowest BCUT2D eigenvalue weighted by Crippen LogP contribution is -2.57. The van der Waals surface area contributed by atoms with Crippen LogP contribution in [0.15, 0.2) is 0 Å². The van der Waals surface area contributed by atoms with Crippen LogP contribution in [0, 0.1) is 17.2 Å². The van der Waals surface area contributed by atoms with Crippen molar-refractivity contribution in [3.8, 4) is 6.07 Å². The van der Waals surface area contributed by atoms with Gasteiger partial charge in [-0.1, -0.05) is 6.92 Å². The van der Waals surface area contributed by atoms with Crippen LogP contribution < -0.4 is 4.72 Å². The molecule has 2 saturated heterocycles. The van der Waals surface area contributed by atoms with Gasteiger partial charge in [-0.25, -0.2) is 0 Å². The third-order valence-electron chi connectivity index (χ3n) is 4.46. The quantitative estimate of drug-likeness (QED) is 0.825. The fraction of sp³-hybridized carbons (Fsp3) is 0.923. The highest BCUT2D eigenvalue weighted by Gasteiger charge is 2.40. The zero-order valence-corrected chi connectivity index (χ0v) is 13.1. The molecule has 0 unspecified atom stereocenters. The van der Waals surface area contributed by atoms with Crippen molar-refractivity contribution in [3.63, 3.8) is 0 Å². The molecule has 1 N–H and O–H groups in total. The van der Waals surface area contributed by atoms with E-state index in [4.69, 9.17) is 0 Å². The summed E-state index contributed by atoms with van der Waals surface area (Å²) in [6, 6.07) is 2.20. The van der Waals surface area contributed by atoms with Crippen LogP contribution in [-0.4, -0.2) is 56.4 Å². The predicted molar refractivity (Wildman–Crippen MR) is 77.1 cm³/mol. The van der Waals surface area contributed by atoms with Crippen molar-refractivity contribution in [1.82, 2.24) is 13.9 Å². The minimum atomic E-state index is -3.55. The van der Waals surface area contributed by atoms with Crippen LogP contribution >= 0.6 is 0 Å². The first-order valence-electron chi connectivity index (χ1n) is 7.26. The van der Waals surface area contributed by atoms with E-state index in [-0.39, 0.29) is 0 Å². The van der Waals surface area contributed by atoms with Crippen LogP contribution in [0.5, 0.6) is 0 Å². The Hall–Kier alpha value is -0.680. The number of hydrogen-bond acceptors (Lipinski definition) is 4. The van der Waals surface area contributed by atoms with E-state index in [0.29, 0.717) is 31.8 Å². The van der Waals surface area contributed by atoms with Crippen LogP contribution in [0.2, 0.25) is 0 Å². The maximum atomic E-state index is 12.5. The van der Waals surface area contributed by atoms with E-state index in [1.165, 1.54) is 4.31 Å². The fourth-order valence-electron chi connectivity index (χ4n) is 2.77. The first kappa shape index (κ1) is 15.7. The van der Waals surface area contributed by atoms with Crippen molar-refractivity contribution in [1.29, 1.82) is 5.26 Å². The fourth-order valence-corrected chi connectivity index (χ4v) is 4.34. The number of nitrogens with one attached hydrogen (secondary N) is 1. The Bertz CT molecular complexity index is 469. The molecular formula is C13H24N4O2S. The lowest BCUT2D eigenvalue weighted by molar-refractivity contribution is 0.208. The second-order valence-corrected chi connectivity index (χ2v) is 7.86. The minimum absolute atomic E-state index is 0.545. The summed E-state index contributed by atoms with van der Waals surface area (Å²) in [7, 11) is -1.56. The van der Waals surface area contributed by atoms with Crippen molar-refractivity contribution < 1.29 is 8.42 Å². The van der Waals surface area contributed by atoms with Crippen molar-refractivity contribution in [2.75, 3.05) is 33.2 Å². The van der Waals surface area contributed by atoms with E-state index in [1.54, 1.807) is 0 Å². The standard InChI is InChI=1S/C13H24N4O2S/c1-12-3-7-17(8-4-12)20(18,19)15-13(11-14)5-9-16(2)10-6-13/h12,15H,3-10H2,1-2H3. The third-order valence-corrected chi connectivity index (χ3v) is 6.16. The maximum absolute atomic E-state index is 12.5. The molecule has 2 rings (SSSR count). The predicted octanol–water partition coefficient (Wildman–Crippen LogP) is 0.541. The maximum Gasteiger partial charge on any atom is 0.280 e. The molecule has 2 aliphatic rings. The summed E-state index contributed by atoms with van der Waals surface area (Å²) < 4.78 is 29.1. The Morgan fingerprint density at radius 2 is 1.75 bits per heavy atom. The smallest absolute Gasteiger partial charge is 0.280 e. The zero-order chi connectivity index (χ0) is 14.8. The highest BCUT2D eigenvalue weighted by atomic mass is 32.2. The van der Waals surface area contributed by atoms with E-state index in [2.05, 4.69) is 22.6 Å². The van der Waals surface area contributed by atoms with Gasteiger partial charge in [0.2, 0.25) is 0 Å². The van der Waals surface area contributed by atoms with Gasteiger partial charge >= 0.3 is 0 Å². The summed E-state index contributed by atoms with van der Waals surface area (Å²) >= 11 is 0. The van der Waals surface area contributed by atoms with E-state index in [9.17, 15) is 13.7 Å². The molecule has 2 fully saturated rings. The molecule has 0 radical (unpaired) electrons. The van der Waals surface area contributed by atoms with Gasteiger partial charge in [-0.15, -0.1) is 0 Å². The SMILES string of the molecule is CC1CCN(S(=O)(=O)NC2(C#N)CCN(C)CC2)CC1. The Morgan fingerprint density at radius 3 is 2.25 bits per heavy atom. The molecule has 0 aromatic carbocycles. The monoisotopic (exact) mass is 300 g/mol. The van der Waals surface area contributed by atoms with E-state index < -0.39 is 15.7 Å². The van der Waals surface area contributed by atoms with E-state index in [1.807, 2.05) is 7.05 Å². The molecule has 2 aliphatic heterocycles. The molecule has 6 nitrogen and oxygen atoms in total. The van der Waals surface area contributed by atoms with E-state index in [0.717, 1.165) is 25.9 Å². The number of piperidine rings is 2. The van der Waals surface area contributed by atoms with Crippen molar-refractivity contribution in [3.05, 3.63) is 0 Å². The van der Waals surface area contributed by atoms with Gasteiger partial charge in [0.1, 0.15) is 5.54 Å². The summed E-state index contributed by atoms with van der Waals surface area (Å²) in [5, 5.41) is 9.42. The molecule has 0 spiro atoms. The molecule has 7 heteroatoms. The second kappa shape index (κ2) is 5.98. The van der Waals surface area contributed by atoms with Crippen LogP contribution in [0.3, 0.4) is 0 Å². The summed E-state index contributed by atoms with van der Waals surface area (Å²) in [4.78, 5) is 2.12. The third kappa shape index (κ3) is 3.50. The molecule has 0 aliphatic carbocycles. The number of rotatable bonds is 3. The van der Waals surface area contributed by atoms with Crippen LogP contribution in [-0.2, 0) is 10.2 Å². The van der Waals surface area contributed by atoms with E-state index >= 15 is 0 Å². The molecule has 0 atom stereocenters. The molecule has 2 heterocycles. The molecule has 114 valence electrons. The summed E-state index contributed by atoms with van der Waals surface area (Å²) in [5.74, 6) is 0.578. The Balaban J connectivity index is 2.05. The van der Waals surface area contributed by atoms with Crippen LogP contribution in [0.4, 0.5) is 0 Å². The topological polar surface area (TPSA) is 76.4 Å². The highest BCUT2D eigenvalue weighted by Crippen LogP contribution is 2.24. The Labute approximate surface area is 121 Å². The van der Waals surface area contributed by atoms with Gasteiger partial charge in [-0.05, 0) is 38.6 Å². The molecule has 20 heavy (non-hydrogen) atoms. The average molecular weight is 300 g/mol. The normalized spacial score (nSPS) is 26.2. The lowest BCUT2D eigenvalue weighted by atomic mass is 9.91. The van der Waals surface area contributed by atoms with Crippen molar-refractivity contribution >= 4 is 10.2 Å². The van der Waals surface area contributed by atoms with Gasteiger partial charge in [0.25, 0.3) is 10.2 Å². The van der Waals surface area contributed by atoms with Gasteiger partial charge < -0.3 is 4.90 Å². The number of nitrogens with zero attached hydrogens (tertiary/aromatic N) is 3. The first-order valence-corrected chi connectivity index (χ1v) is 8.70. The molecule has 0 aromatic rings. The summed E-state index contributed by atoms with van der Waals surface area (Å²) in [5.41, 5.74) is -0.936. The number of hydrogen-bond donors (Lipinski definition) is 1. The largest absolute Gasteiger partial charge is 0.306 e. The number of nitriles is 1. The molecule has 0 saturated carbocycles. The Kier molecular flexibility index (Phi) is 4.69. The first-order chi connectivity index (χ1) is 9.37. The second-order valence-electron chi connectivity index (χ2n) is 6.19. The van der Waals surface area contributed by atoms with Gasteiger partial charge in [-0.3, -0.25) is 0 Å². The lowest BCUT2D eigenvalue weighted by Gasteiger charge is -2.38. The van der Waals surface area contributed by atoms with Crippen LogP contribution in [0.1, 0.15) is 32.6 Å². The van der Waals surface area contributed by atoms with Gasteiger partial charge in [0.15, 0.2) is 0 Å². The van der Waals surface area contributed by atoms with Gasteiger partial charge in [0.05, 0.1) is 6.07 Å². The Morgan fingerprint density at radius 1 is 1.20 bits per heavy atom. The zero-order valence-electron chi connectivity index (χ0n) is 12.3. The minimum Gasteiger partial charge on any atom is -0.306 e.